The predicted molar refractivity (Wildman–Crippen MR) is 48.0 cm³/mol. The van der Waals surface area contributed by atoms with Gasteiger partial charge in [-0.15, -0.1) is 0 Å². The van der Waals surface area contributed by atoms with Crippen molar-refractivity contribution in [3.05, 3.63) is 0 Å². The number of hydrogen-bond donors (Lipinski definition) is 3. The Kier molecular flexibility index (Phi) is 10.8. The van der Waals surface area contributed by atoms with Crippen molar-refractivity contribution in [1.82, 2.24) is 5.32 Å². The molecule has 0 amide bonds. The molecule has 5 nitrogen and oxygen atoms in total. The van der Waals surface area contributed by atoms with Crippen molar-refractivity contribution in [2.24, 2.45) is 0 Å². The van der Waals surface area contributed by atoms with Crippen LogP contribution in [0.4, 0.5) is 0 Å². The van der Waals surface area contributed by atoms with E-state index < -0.39 is 10.4 Å². The number of hydrogen-bond acceptors (Lipinski definition) is 3. The van der Waals surface area contributed by atoms with Crippen LogP contribution in [0.5, 0.6) is 0 Å². The molecule has 0 aliphatic carbocycles. The molecule has 3 N–H and O–H groups in total. The first kappa shape index (κ1) is 15.3. The second-order valence-corrected chi connectivity index (χ2v) is 3.15. The topological polar surface area (TPSA) is 86.6 Å². The minimum atomic E-state index is -4.67. The van der Waals surface area contributed by atoms with Crippen LogP contribution in [0.2, 0.25) is 0 Å². The number of piperidine rings is 1. The molecule has 12 heavy (non-hydrogen) atoms. The molecule has 1 aliphatic rings. The Morgan fingerprint density at radius 3 is 1.42 bits per heavy atom. The molecular weight excluding hydrogens is 193 g/mol. The molecule has 7 heteroatoms. The summed E-state index contributed by atoms with van der Waals surface area (Å²) in [5.41, 5.74) is 0. The molecule has 70 valence electrons. The normalized spacial score (nSPS) is 16.8. The van der Waals surface area contributed by atoms with Crippen LogP contribution in [0.3, 0.4) is 0 Å². The van der Waals surface area contributed by atoms with Crippen LogP contribution in [-0.2, 0) is 10.4 Å². The van der Waals surface area contributed by atoms with Gasteiger partial charge in [-0.2, -0.15) is 8.42 Å². The third-order valence-corrected chi connectivity index (χ3v) is 1.21. The standard InChI is InChI=1S/C5H11N.Na.H2O4S.H/c1-2-4-6-5-3-1;;1-5(2,3)4;/h6H,1-5H2;;(H2,1,2,3,4);. The van der Waals surface area contributed by atoms with Gasteiger partial charge in [0, 0.05) is 0 Å². The number of nitrogens with one attached hydrogen (secondary N) is 1. The SMILES string of the molecule is C1CCNCC1.O=S(=O)(O)O.[NaH]. The molecule has 0 radical (unpaired) electrons. The number of rotatable bonds is 0. The van der Waals surface area contributed by atoms with E-state index in [-0.39, 0.29) is 29.6 Å². The van der Waals surface area contributed by atoms with Gasteiger partial charge in [-0.1, -0.05) is 6.42 Å². The summed E-state index contributed by atoms with van der Waals surface area (Å²) in [4.78, 5) is 0. The van der Waals surface area contributed by atoms with Crippen LogP contribution < -0.4 is 5.32 Å². The second-order valence-electron chi connectivity index (χ2n) is 2.26. The average molecular weight is 207 g/mol. The fraction of sp³-hybridized carbons (Fsp3) is 1.00. The third kappa shape index (κ3) is 22.4. The van der Waals surface area contributed by atoms with E-state index in [1.165, 1.54) is 32.4 Å². The van der Waals surface area contributed by atoms with Gasteiger partial charge in [-0.05, 0) is 25.9 Å². The van der Waals surface area contributed by atoms with Gasteiger partial charge in [0.15, 0.2) is 0 Å². The summed E-state index contributed by atoms with van der Waals surface area (Å²) in [6.45, 7) is 2.50. The van der Waals surface area contributed by atoms with Crippen LogP contribution in [0, 0.1) is 0 Å². The van der Waals surface area contributed by atoms with Crippen LogP contribution in [0.1, 0.15) is 19.3 Å². The van der Waals surface area contributed by atoms with Gasteiger partial charge in [0.1, 0.15) is 0 Å². The molecule has 0 saturated carbocycles. The summed E-state index contributed by atoms with van der Waals surface area (Å²) >= 11 is 0. The van der Waals surface area contributed by atoms with Crippen LogP contribution in [-0.4, -0.2) is 60.2 Å². The van der Waals surface area contributed by atoms with Gasteiger partial charge in [0.05, 0.1) is 0 Å². The van der Waals surface area contributed by atoms with E-state index in [0.29, 0.717) is 0 Å². The summed E-state index contributed by atoms with van der Waals surface area (Å²) in [5, 5.41) is 3.28. The molecule has 1 heterocycles. The van der Waals surface area contributed by atoms with Gasteiger partial charge < -0.3 is 5.32 Å². The maximum atomic E-state index is 8.74. The molecule has 1 fully saturated rings. The van der Waals surface area contributed by atoms with Crippen molar-refractivity contribution in [2.45, 2.75) is 19.3 Å². The summed E-state index contributed by atoms with van der Waals surface area (Å²) in [6.07, 6.45) is 4.22. The van der Waals surface area contributed by atoms with E-state index >= 15 is 0 Å². The van der Waals surface area contributed by atoms with Gasteiger partial charge >= 0.3 is 40.0 Å². The molecule has 1 saturated heterocycles. The fourth-order valence-electron chi connectivity index (χ4n) is 0.802. The Hall–Kier alpha value is 0.830. The van der Waals surface area contributed by atoms with Gasteiger partial charge in [-0.25, -0.2) is 0 Å². The van der Waals surface area contributed by atoms with Gasteiger partial charge in [0.2, 0.25) is 0 Å². The molecule has 0 aromatic carbocycles. The molecule has 0 bridgehead atoms. The molecule has 0 aromatic heterocycles. The fourth-order valence-corrected chi connectivity index (χ4v) is 0.802. The minimum absolute atomic E-state index is 0. The first-order chi connectivity index (χ1) is 5.00. The van der Waals surface area contributed by atoms with E-state index in [1.807, 2.05) is 0 Å². The van der Waals surface area contributed by atoms with Crippen molar-refractivity contribution in [2.75, 3.05) is 13.1 Å². The van der Waals surface area contributed by atoms with E-state index in [2.05, 4.69) is 5.32 Å². The molecule has 1 rings (SSSR count). The zero-order chi connectivity index (χ0) is 8.74. The molecule has 0 atom stereocenters. The first-order valence-corrected chi connectivity index (χ1v) is 4.80. The summed E-state index contributed by atoms with van der Waals surface area (Å²) in [5.74, 6) is 0. The Morgan fingerprint density at radius 1 is 1.00 bits per heavy atom. The van der Waals surface area contributed by atoms with Crippen molar-refractivity contribution in [3.63, 3.8) is 0 Å². The van der Waals surface area contributed by atoms with E-state index in [9.17, 15) is 0 Å². The Morgan fingerprint density at radius 2 is 1.33 bits per heavy atom. The first-order valence-electron chi connectivity index (χ1n) is 3.41. The van der Waals surface area contributed by atoms with Crippen molar-refractivity contribution < 1.29 is 17.5 Å². The third-order valence-electron chi connectivity index (χ3n) is 1.21. The molecule has 0 unspecified atom stereocenters. The van der Waals surface area contributed by atoms with Gasteiger partial charge in [-0.3, -0.25) is 9.11 Å². The van der Waals surface area contributed by atoms with Crippen LogP contribution >= 0.6 is 0 Å². The average Bonchev–Trinajstić information content (AvgIpc) is 1.88. The van der Waals surface area contributed by atoms with E-state index in [0.717, 1.165) is 0 Å². The maximum absolute atomic E-state index is 8.74. The Labute approximate surface area is 94.8 Å². The summed E-state index contributed by atoms with van der Waals surface area (Å²) in [6, 6.07) is 0. The van der Waals surface area contributed by atoms with E-state index in [1.54, 1.807) is 0 Å². The molecular formula is C5H14NNaO4S. The van der Waals surface area contributed by atoms with E-state index in [4.69, 9.17) is 17.5 Å². The van der Waals surface area contributed by atoms with Crippen molar-refractivity contribution >= 4 is 40.0 Å². The molecule has 1 aliphatic heterocycles. The predicted octanol–water partition coefficient (Wildman–Crippen LogP) is -0.541. The monoisotopic (exact) mass is 207 g/mol. The Balaban J connectivity index is 0. The molecule has 0 aromatic rings. The van der Waals surface area contributed by atoms with Crippen molar-refractivity contribution in [1.29, 1.82) is 0 Å². The van der Waals surface area contributed by atoms with Gasteiger partial charge in [0.25, 0.3) is 0 Å². The zero-order valence-electron chi connectivity index (χ0n) is 6.15. The quantitative estimate of drug-likeness (QED) is 0.367. The summed E-state index contributed by atoms with van der Waals surface area (Å²) in [7, 11) is -4.67. The summed E-state index contributed by atoms with van der Waals surface area (Å²) < 4.78 is 31.6. The Bertz CT molecular complexity index is 158. The van der Waals surface area contributed by atoms with Crippen molar-refractivity contribution in [3.8, 4) is 0 Å². The molecule has 0 spiro atoms. The zero-order valence-corrected chi connectivity index (χ0v) is 6.97. The second kappa shape index (κ2) is 8.43. The van der Waals surface area contributed by atoms with Crippen LogP contribution in [0.15, 0.2) is 0 Å². The van der Waals surface area contributed by atoms with Crippen LogP contribution in [0.25, 0.3) is 0 Å².